The van der Waals surface area contributed by atoms with Gasteiger partial charge in [-0.25, -0.2) is 4.98 Å². The summed E-state index contributed by atoms with van der Waals surface area (Å²) in [6.45, 7) is 0.621. The lowest BCUT2D eigenvalue weighted by atomic mass is 10.2. The van der Waals surface area contributed by atoms with Crippen molar-refractivity contribution in [1.29, 1.82) is 0 Å². The molecule has 0 fully saturated rings. The monoisotopic (exact) mass is 269 g/mol. The lowest BCUT2D eigenvalue weighted by Gasteiger charge is -2.03. The van der Waals surface area contributed by atoms with Gasteiger partial charge in [0.05, 0.1) is 6.61 Å². The smallest absolute Gasteiger partial charge is 0.227 e. The van der Waals surface area contributed by atoms with E-state index in [1.54, 1.807) is 0 Å². The Morgan fingerprint density at radius 2 is 1.95 bits per heavy atom. The molecule has 1 N–H and O–H groups in total. The molecular formula is C16H15NO3. The molecular weight excluding hydrogens is 254 g/mol. The van der Waals surface area contributed by atoms with Crippen molar-refractivity contribution < 1.29 is 14.3 Å². The standard InChI is InChI=1S/C16H15NO3/c18-9-4-10-19-13-7-8-15-14(11-13)17-16(20-15)12-5-2-1-3-6-12/h1-3,5-8,11,18H,4,9-10H2. The van der Waals surface area contributed by atoms with Crippen LogP contribution in [-0.4, -0.2) is 23.3 Å². The molecule has 4 nitrogen and oxygen atoms in total. The summed E-state index contributed by atoms with van der Waals surface area (Å²) >= 11 is 0. The molecule has 0 amide bonds. The van der Waals surface area contributed by atoms with Crippen LogP contribution in [0, 0.1) is 0 Å². The highest BCUT2D eigenvalue weighted by molar-refractivity contribution is 5.77. The summed E-state index contributed by atoms with van der Waals surface area (Å²) in [6, 6.07) is 15.3. The van der Waals surface area contributed by atoms with Gasteiger partial charge in [-0.1, -0.05) is 18.2 Å². The molecule has 0 radical (unpaired) electrons. The highest BCUT2D eigenvalue weighted by atomic mass is 16.5. The molecule has 0 saturated heterocycles. The van der Waals surface area contributed by atoms with Gasteiger partial charge in [-0.15, -0.1) is 0 Å². The van der Waals surface area contributed by atoms with Gasteiger partial charge in [0.15, 0.2) is 5.58 Å². The van der Waals surface area contributed by atoms with Gasteiger partial charge in [0.25, 0.3) is 0 Å². The van der Waals surface area contributed by atoms with E-state index in [9.17, 15) is 0 Å². The zero-order valence-electron chi connectivity index (χ0n) is 11.0. The molecule has 0 spiro atoms. The number of ether oxygens (including phenoxy) is 1. The Bertz CT molecular complexity index is 691. The predicted octanol–water partition coefficient (Wildman–Crippen LogP) is 3.26. The maximum atomic E-state index is 8.74. The summed E-state index contributed by atoms with van der Waals surface area (Å²) in [5, 5.41) is 8.74. The molecule has 102 valence electrons. The molecule has 4 heteroatoms. The van der Waals surface area contributed by atoms with Crippen LogP contribution in [0.25, 0.3) is 22.6 Å². The third-order valence-electron chi connectivity index (χ3n) is 2.95. The summed E-state index contributed by atoms with van der Waals surface area (Å²) in [6.07, 6.45) is 0.617. The molecule has 1 heterocycles. The average Bonchev–Trinajstić information content (AvgIpc) is 2.92. The number of oxazole rings is 1. The van der Waals surface area contributed by atoms with E-state index in [1.165, 1.54) is 0 Å². The summed E-state index contributed by atoms with van der Waals surface area (Å²) in [7, 11) is 0. The minimum absolute atomic E-state index is 0.129. The minimum atomic E-state index is 0.129. The molecule has 3 rings (SSSR count). The van der Waals surface area contributed by atoms with Crippen molar-refractivity contribution in [3.63, 3.8) is 0 Å². The Hall–Kier alpha value is -2.33. The lowest BCUT2D eigenvalue weighted by molar-refractivity contribution is 0.233. The number of nitrogens with zero attached hydrogens (tertiary/aromatic N) is 1. The van der Waals surface area contributed by atoms with E-state index in [0.717, 1.165) is 22.4 Å². The molecule has 0 atom stereocenters. The quantitative estimate of drug-likeness (QED) is 0.722. The van der Waals surface area contributed by atoms with Crippen molar-refractivity contribution in [3.8, 4) is 17.2 Å². The van der Waals surface area contributed by atoms with E-state index in [-0.39, 0.29) is 6.61 Å². The third kappa shape index (κ3) is 2.65. The van der Waals surface area contributed by atoms with E-state index in [2.05, 4.69) is 4.98 Å². The van der Waals surface area contributed by atoms with Crippen LogP contribution in [0.15, 0.2) is 52.9 Å². The van der Waals surface area contributed by atoms with Crippen molar-refractivity contribution in [2.45, 2.75) is 6.42 Å². The largest absolute Gasteiger partial charge is 0.493 e. The normalized spacial score (nSPS) is 10.8. The zero-order chi connectivity index (χ0) is 13.8. The van der Waals surface area contributed by atoms with E-state index >= 15 is 0 Å². The van der Waals surface area contributed by atoms with E-state index in [1.807, 2.05) is 48.5 Å². The zero-order valence-corrected chi connectivity index (χ0v) is 11.0. The number of fused-ring (bicyclic) bond motifs is 1. The first-order valence-corrected chi connectivity index (χ1v) is 6.56. The predicted molar refractivity (Wildman–Crippen MR) is 76.6 cm³/mol. The fourth-order valence-electron chi connectivity index (χ4n) is 1.96. The van der Waals surface area contributed by atoms with E-state index in [4.69, 9.17) is 14.3 Å². The second kappa shape index (κ2) is 5.75. The summed E-state index contributed by atoms with van der Waals surface area (Å²) < 4.78 is 11.3. The maximum absolute atomic E-state index is 8.74. The number of aliphatic hydroxyl groups is 1. The Labute approximate surface area is 116 Å². The number of hydrogen-bond acceptors (Lipinski definition) is 4. The van der Waals surface area contributed by atoms with Gasteiger partial charge in [0, 0.05) is 24.7 Å². The van der Waals surface area contributed by atoms with Gasteiger partial charge < -0.3 is 14.3 Å². The van der Waals surface area contributed by atoms with Crippen LogP contribution in [-0.2, 0) is 0 Å². The van der Waals surface area contributed by atoms with Crippen LogP contribution in [0.1, 0.15) is 6.42 Å². The first-order valence-electron chi connectivity index (χ1n) is 6.56. The maximum Gasteiger partial charge on any atom is 0.227 e. The van der Waals surface area contributed by atoms with Crippen molar-refractivity contribution in [1.82, 2.24) is 4.98 Å². The van der Waals surface area contributed by atoms with Crippen LogP contribution in [0.4, 0.5) is 0 Å². The molecule has 0 aliphatic heterocycles. The van der Waals surface area contributed by atoms with Crippen LogP contribution < -0.4 is 4.74 Å². The summed E-state index contributed by atoms with van der Waals surface area (Å²) in [5.74, 6) is 1.34. The number of aliphatic hydroxyl groups excluding tert-OH is 1. The van der Waals surface area contributed by atoms with Gasteiger partial charge in [0.1, 0.15) is 11.3 Å². The van der Waals surface area contributed by atoms with Crippen molar-refractivity contribution in [2.24, 2.45) is 0 Å². The molecule has 20 heavy (non-hydrogen) atoms. The van der Waals surface area contributed by atoms with Gasteiger partial charge in [-0.2, -0.15) is 0 Å². The highest BCUT2D eigenvalue weighted by Crippen LogP contribution is 2.26. The lowest BCUT2D eigenvalue weighted by Crippen LogP contribution is -1.99. The first kappa shape index (κ1) is 12.7. The highest BCUT2D eigenvalue weighted by Gasteiger charge is 2.08. The topological polar surface area (TPSA) is 55.5 Å². The van der Waals surface area contributed by atoms with Crippen LogP contribution >= 0.6 is 0 Å². The molecule has 0 saturated carbocycles. The summed E-state index contributed by atoms with van der Waals surface area (Å²) in [5.41, 5.74) is 2.45. The number of benzene rings is 2. The molecule has 0 bridgehead atoms. The van der Waals surface area contributed by atoms with Gasteiger partial charge in [0.2, 0.25) is 5.89 Å². The van der Waals surface area contributed by atoms with E-state index < -0.39 is 0 Å². The van der Waals surface area contributed by atoms with Crippen molar-refractivity contribution in [3.05, 3.63) is 48.5 Å². The second-order valence-electron chi connectivity index (χ2n) is 4.44. The molecule has 2 aromatic carbocycles. The Kier molecular flexibility index (Phi) is 3.65. The fraction of sp³-hybridized carbons (Fsp3) is 0.188. The van der Waals surface area contributed by atoms with Crippen LogP contribution in [0.5, 0.6) is 5.75 Å². The van der Waals surface area contributed by atoms with Gasteiger partial charge in [-0.3, -0.25) is 0 Å². The molecule has 0 aliphatic carbocycles. The second-order valence-corrected chi connectivity index (χ2v) is 4.44. The SMILES string of the molecule is OCCCOc1ccc2oc(-c3ccccc3)nc2c1. The van der Waals surface area contributed by atoms with Crippen molar-refractivity contribution >= 4 is 11.1 Å². The Morgan fingerprint density at radius 1 is 1.10 bits per heavy atom. The minimum Gasteiger partial charge on any atom is -0.493 e. The van der Waals surface area contributed by atoms with Crippen LogP contribution in [0.2, 0.25) is 0 Å². The molecule has 0 aliphatic rings. The number of rotatable bonds is 5. The molecule has 3 aromatic rings. The van der Waals surface area contributed by atoms with E-state index in [0.29, 0.717) is 18.9 Å². The Morgan fingerprint density at radius 3 is 2.75 bits per heavy atom. The number of hydrogen-bond donors (Lipinski definition) is 1. The molecule has 0 unspecified atom stereocenters. The number of aromatic nitrogens is 1. The first-order chi connectivity index (χ1) is 9.86. The van der Waals surface area contributed by atoms with Crippen LogP contribution in [0.3, 0.4) is 0 Å². The van der Waals surface area contributed by atoms with Crippen molar-refractivity contribution in [2.75, 3.05) is 13.2 Å². The Balaban J connectivity index is 1.88. The average molecular weight is 269 g/mol. The van der Waals surface area contributed by atoms with Gasteiger partial charge >= 0.3 is 0 Å². The summed E-state index contributed by atoms with van der Waals surface area (Å²) in [4.78, 5) is 4.48. The fourth-order valence-corrected chi connectivity index (χ4v) is 1.96. The van der Waals surface area contributed by atoms with Gasteiger partial charge in [-0.05, 0) is 24.3 Å². The third-order valence-corrected chi connectivity index (χ3v) is 2.95. The molecule has 1 aromatic heterocycles.